The van der Waals surface area contributed by atoms with Gasteiger partial charge in [0.1, 0.15) is 17.6 Å². The predicted octanol–water partition coefficient (Wildman–Crippen LogP) is 0.991. The molecule has 9 heteroatoms. The number of nitrogens with two attached hydrogens (primary N) is 3. The summed E-state index contributed by atoms with van der Waals surface area (Å²) in [6.45, 7) is 0.441. The van der Waals surface area contributed by atoms with Gasteiger partial charge in [0.25, 0.3) is 5.91 Å². The van der Waals surface area contributed by atoms with Crippen molar-refractivity contribution in [2.24, 2.45) is 17.2 Å². The van der Waals surface area contributed by atoms with Gasteiger partial charge in [-0.2, -0.15) is 0 Å². The van der Waals surface area contributed by atoms with Crippen molar-refractivity contribution >= 4 is 34.6 Å². The first kappa shape index (κ1) is 19.4. The Bertz CT molecular complexity index is 1140. The van der Waals surface area contributed by atoms with E-state index in [1.54, 1.807) is 47.5 Å². The van der Waals surface area contributed by atoms with Crippen molar-refractivity contribution in [3.63, 3.8) is 0 Å². The van der Waals surface area contributed by atoms with Crippen molar-refractivity contribution in [3.8, 4) is 0 Å². The van der Waals surface area contributed by atoms with Crippen LogP contribution in [0, 0.1) is 6.42 Å². The molecule has 2 atom stereocenters. The second-order valence-electron chi connectivity index (χ2n) is 7.01. The van der Waals surface area contributed by atoms with Crippen LogP contribution in [0.5, 0.6) is 0 Å². The molecule has 152 valence electrons. The monoisotopic (exact) mass is 404 g/mol. The molecule has 0 saturated carbocycles. The third-order valence-electron chi connectivity index (χ3n) is 5.26. The number of carbonyl (C=O) groups excluding carboxylic acids is 3. The van der Waals surface area contributed by atoms with Crippen LogP contribution in [0.3, 0.4) is 0 Å². The number of anilines is 1. The second kappa shape index (κ2) is 7.51. The number of aromatic nitrogens is 2. The molecule has 9 nitrogen and oxygen atoms in total. The first-order valence-corrected chi connectivity index (χ1v) is 9.36. The lowest BCUT2D eigenvalue weighted by atomic mass is 9.83. The van der Waals surface area contributed by atoms with Crippen molar-refractivity contribution in [2.75, 3.05) is 11.4 Å². The number of hydrogen-bond donors (Lipinski definition) is 3. The van der Waals surface area contributed by atoms with E-state index in [4.69, 9.17) is 17.2 Å². The molecule has 2 radical (unpaired) electrons. The van der Waals surface area contributed by atoms with Crippen LogP contribution >= 0.6 is 0 Å². The molecule has 4 rings (SSSR count). The Morgan fingerprint density at radius 3 is 2.40 bits per heavy atom. The molecular weight excluding hydrogens is 384 g/mol. The van der Waals surface area contributed by atoms with Crippen LogP contribution in [0.1, 0.15) is 28.4 Å². The Kier molecular flexibility index (Phi) is 4.86. The molecule has 0 aliphatic carbocycles. The number of fused-ring (bicyclic) bond motifs is 1. The average Bonchev–Trinajstić information content (AvgIpc) is 3.10. The van der Waals surface area contributed by atoms with Crippen molar-refractivity contribution in [2.45, 2.75) is 18.4 Å². The fraction of sp³-hybridized carbons (Fsp3) is 0.190. The van der Waals surface area contributed by atoms with E-state index in [0.29, 0.717) is 35.2 Å². The molecule has 3 aromatic rings. The molecule has 0 spiro atoms. The summed E-state index contributed by atoms with van der Waals surface area (Å²) in [5.41, 5.74) is 17.8. The molecule has 3 amide bonds. The van der Waals surface area contributed by atoms with E-state index < -0.39 is 29.8 Å². The first-order chi connectivity index (χ1) is 14.4. The van der Waals surface area contributed by atoms with Gasteiger partial charge in [0.15, 0.2) is 0 Å². The van der Waals surface area contributed by atoms with Crippen molar-refractivity contribution < 1.29 is 14.4 Å². The molecule has 2 unspecified atom stereocenters. The second-order valence-corrected chi connectivity index (χ2v) is 7.01. The molecule has 0 bridgehead atoms. The van der Waals surface area contributed by atoms with Crippen LogP contribution in [0.15, 0.2) is 48.7 Å². The lowest BCUT2D eigenvalue weighted by molar-refractivity contribution is -0.118. The van der Waals surface area contributed by atoms with Crippen molar-refractivity contribution in [1.29, 1.82) is 0 Å². The highest BCUT2D eigenvalue weighted by atomic mass is 16.2. The van der Waals surface area contributed by atoms with E-state index in [2.05, 4.69) is 11.4 Å². The number of para-hydroxylation sites is 1. The van der Waals surface area contributed by atoms with Gasteiger partial charge in [-0.1, -0.05) is 24.3 Å². The Balaban J connectivity index is 1.82. The van der Waals surface area contributed by atoms with E-state index in [0.717, 1.165) is 4.57 Å². The highest BCUT2D eigenvalue weighted by molar-refractivity contribution is 6.07. The van der Waals surface area contributed by atoms with Gasteiger partial charge in [-0.05, 0) is 36.1 Å². The minimum Gasteiger partial charge on any atom is -0.368 e. The predicted molar refractivity (Wildman–Crippen MR) is 111 cm³/mol. The van der Waals surface area contributed by atoms with E-state index in [1.807, 2.05) is 6.07 Å². The summed E-state index contributed by atoms with van der Waals surface area (Å²) in [5.74, 6) is -1.24. The molecule has 1 aliphatic rings. The van der Waals surface area contributed by atoms with Gasteiger partial charge in [-0.3, -0.25) is 14.2 Å². The lowest BCUT2D eigenvalue weighted by Crippen LogP contribution is -2.50. The highest BCUT2D eigenvalue weighted by Gasteiger charge is 2.38. The molecular formula is C21H20N6O3. The number of rotatable bonds is 4. The van der Waals surface area contributed by atoms with Crippen LogP contribution in [0.4, 0.5) is 10.6 Å². The fourth-order valence-electron chi connectivity index (χ4n) is 4.08. The SMILES string of the molecule is NC(=O)c1c(C2[C]C(C(N)=O)N(c3ccccn3)CC2)c2ccccc2n1C(N)=O. The van der Waals surface area contributed by atoms with E-state index >= 15 is 0 Å². The molecule has 30 heavy (non-hydrogen) atoms. The van der Waals surface area contributed by atoms with Crippen LogP contribution in [0.2, 0.25) is 0 Å². The zero-order valence-corrected chi connectivity index (χ0v) is 16.0. The van der Waals surface area contributed by atoms with Gasteiger partial charge in [0.05, 0.1) is 5.52 Å². The summed E-state index contributed by atoms with van der Waals surface area (Å²) in [7, 11) is 0. The zero-order chi connectivity index (χ0) is 21.4. The van der Waals surface area contributed by atoms with Gasteiger partial charge in [-0.15, -0.1) is 0 Å². The maximum Gasteiger partial charge on any atom is 0.324 e. The number of amides is 3. The quantitative estimate of drug-likeness (QED) is 0.592. The number of carbonyl (C=O) groups is 3. The van der Waals surface area contributed by atoms with Crippen LogP contribution in [0.25, 0.3) is 10.9 Å². The highest BCUT2D eigenvalue weighted by Crippen LogP contribution is 2.39. The summed E-state index contributed by atoms with van der Waals surface area (Å²) < 4.78 is 1.11. The molecule has 2 aromatic heterocycles. The Labute approximate surface area is 172 Å². The third-order valence-corrected chi connectivity index (χ3v) is 5.26. The molecule has 3 heterocycles. The topological polar surface area (TPSA) is 150 Å². The largest absolute Gasteiger partial charge is 0.368 e. The standard InChI is InChI=1S/C21H20N6O3/c22-19(28)15-11-12(8-10-26(15)16-7-3-4-9-25-16)17-13-5-1-2-6-14(13)27(21(24)30)18(17)20(23)29/h1-7,9,12,15H,8,10H2,(H2,22,28)(H2,23,29)(H2,24,30). The maximum absolute atomic E-state index is 12.3. The summed E-state index contributed by atoms with van der Waals surface area (Å²) in [4.78, 5) is 42.7. The van der Waals surface area contributed by atoms with Gasteiger partial charge in [0, 0.05) is 24.5 Å². The molecule has 1 aliphatic heterocycles. The van der Waals surface area contributed by atoms with Crippen molar-refractivity contribution in [3.05, 3.63) is 66.3 Å². The van der Waals surface area contributed by atoms with Gasteiger partial charge in [0.2, 0.25) is 5.91 Å². The number of pyridine rings is 1. The third kappa shape index (κ3) is 3.14. The Morgan fingerprint density at radius 2 is 1.77 bits per heavy atom. The zero-order valence-electron chi connectivity index (χ0n) is 16.0. The fourth-order valence-corrected chi connectivity index (χ4v) is 4.08. The normalized spacial score (nSPS) is 19.0. The van der Waals surface area contributed by atoms with Gasteiger partial charge in [-0.25, -0.2) is 9.78 Å². The van der Waals surface area contributed by atoms with Crippen LogP contribution in [-0.4, -0.2) is 40.0 Å². The van der Waals surface area contributed by atoms with E-state index in [1.165, 1.54) is 0 Å². The lowest BCUT2D eigenvalue weighted by Gasteiger charge is -2.38. The van der Waals surface area contributed by atoms with Crippen LogP contribution < -0.4 is 22.1 Å². The number of piperidine rings is 1. The maximum atomic E-state index is 12.3. The number of benzene rings is 1. The van der Waals surface area contributed by atoms with Gasteiger partial charge >= 0.3 is 6.03 Å². The average molecular weight is 404 g/mol. The molecule has 1 aromatic carbocycles. The van der Waals surface area contributed by atoms with E-state index in [-0.39, 0.29) is 5.69 Å². The summed E-state index contributed by atoms with van der Waals surface area (Å²) in [6.07, 6.45) is 5.33. The molecule has 6 N–H and O–H groups in total. The Hall–Kier alpha value is -3.88. The van der Waals surface area contributed by atoms with Crippen molar-refractivity contribution in [1.82, 2.24) is 9.55 Å². The summed E-state index contributed by atoms with van der Waals surface area (Å²) in [6, 6.07) is 10.7. The number of nitrogens with zero attached hydrogens (tertiary/aromatic N) is 3. The minimum absolute atomic E-state index is 0.00398. The van der Waals surface area contributed by atoms with E-state index in [9.17, 15) is 14.4 Å². The Morgan fingerprint density at radius 1 is 1.03 bits per heavy atom. The number of hydrogen-bond acceptors (Lipinski definition) is 5. The molecule has 1 saturated heterocycles. The summed E-state index contributed by atoms with van der Waals surface area (Å²) in [5, 5.41) is 0.650. The number of primary amides is 3. The smallest absolute Gasteiger partial charge is 0.324 e. The minimum atomic E-state index is -0.866. The molecule has 1 fully saturated rings. The first-order valence-electron chi connectivity index (χ1n) is 9.36. The summed E-state index contributed by atoms with van der Waals surface area (Å²) >= 11 is 0. The van der Waals surface area contributed by atoms with Crippen LogP contribution in [-0.2, 0) is 4.79 Å². The van der Waals surface area contributed by atoms with Gasteiger partial charge < -0.3 is 22.1 Å².